The zero-order valence-electron chi connectivity index (χ0n) is 20.7. The lowest BCUT2D eigenvalue weighted by atomic mass is 9.96. The third-order valence-corrected chi connectivity index (χ3v) is 7.70. The summed E-state index contributed by atoms with van der Waals surface area (Å²) in [4.78, 5) is 30.4. The van der Waals surface area contributed by atoms with E-state index in [1.807, 2.05) is 30.3 Å². The molecule has 0 saturated carbocycles. The fourth-order valence-corrected chi connectivity index (χ4v) is 5.57. The molecule has 0 radical (unpaired) electrons. The van der Waals surface area contributed by atoms with E-state index in [4.69, 9.17) is 27.9 Å². The number of carbonyl (C=O) groups excluding carboxylic acids is 2. The average Bonchev–Trinajstić information content (AvgIpc) is 3.33. The largest absolute Gasteiger partial charge is 0.497 e. The summed E-state index contributed by atoms with van der Waals surface area (Å²) in [5.74, 6) is 0.526. The van der Waals surface area contributed by atoms with Crippen LogP contribution in [0.25, 0.3) is 0 Å². The van der Waals surface area contributed by atoms with Crippen molar-refractivity contribution >= 4 is 46.4 Å². The van der Waals surface area contributed by atoms with Crippen LogP contribution >= 0.6 is 23.2 Å². The molecule has 3 aromatic carbocycles. The number of nitrogens with zero attached hydrogens (tertiary/aromatic N) is 2. The number of amides is 2. The van der Waals surface area contributed by atoms with Crippen molar-refractivity contribution < 1.29 is 14.3 Å². The minimum Gasteiger partial charge on any atom is -0.497 e. The topological polar surface area (TPSA) is 61.9 Å². The lowest BCUT2D eigenvalue weighted by Gasteiger charge is -2.32. The number of nitrogens with one attached hydrogen (secondary N) is 1. The summed E-state index contributed by atoms with van der Waals surface area (Å²) in [6.45, 7) is 2.88. The van der Waals surface area contributed by atoms with Crippen LogP contribution < -0.4 is 15.0 Å². The van der Waals surface area contributed by atoms with Gasteiger partial charge in [0.25, 0.3) is 5.91 Å². The molecule has 5 rings (SSSR count). The minimum absolute atomic E-state index is 0.00196. The zero-order chi connectivity index (χ0) is 25.9. The Kier molecular flexibility index (Phi) is 7.70. The van der Waals surface area contributed by atoms with Crippen LogP contribution in [-0.2, 0) is 17.8 Å². The van der Waals surface area contributed by atoms with Gasteiger partial charge in [-0.05, 0) is 85.5 Å². The van der Waals surface area contributed by atoms with Crippen LogP contribution in [0.5, 0.6) is 5.75 Å². The van der Waals surface area contributed by atoms with Crippen LogP contribution in [0.4, 0.5) is 11.4 Å². The van der Waals surface area contributed by atoms with Crippen LogP contribution in [0.3, 0.4) is 0 Å². The first-order valence-corrected chi connectivity index (χ1v) is 13.2. The van der Waals surface area contributed by atoms with Gasteiger partial charge in [-0.3, -0.25) is 14.5 Å². The SMILES string of the molecule is COc1ccc(C(=O)N2CCc3ccc(NC(=O)[C@H]4CCCN(Cc5ccc(Cl)cc5Cl)C4)cc32)cc1. The number of methoxy groups -OCH3 is 1. The summed E-state index contributed by atoms with van der Waals surface area (Å²) in [5.41, 5.74) is 4.26. The van der Waals surface area contributed by atoms with Gasteiger partial charge in [0, 0.05) is 46.6 Å². The number of rotatable bonds is 6. The van der Waals surface area contributed by atoms with E-state index in [2.05, 4.69) is 10.2 Å². The number of piperidine rings is 1. The standard InChI is InChI=1S/C29H29Cl2N3O3/c1-37-25-10-6-20(7-11-25)29(36)34-14-12-19-5-9-24(16-27(19)34)32-28(35)22-3-2-13-33(18-22)17-21-4-8-23(30)15-26(21)31/h4-11,15-16,22H,2-3,12-14,17-18H2,1H3,(H,32,35)/t22-/m0/s1. The molecule has 6 nitrogen and oxygen atoms in total. The van der Waals surface area contributed by atoms with Crippen molar-refractivity contribution in [3.8, 4) is 5.75 Å². The van der Waals surface area contributed by atoms with E-state index in [1.54, 1.807) is 42.3 Å². The highest BCUT2D eigenvalue weighted by molar-refractivity contribution is 6.35. The first kappa shape index (κ1) is 25.6. The summed E-state index contributed by atoms with van der Waals surface area (Å²) in [6, 6.07) is 18.5. The van der Waals surface area contributed by atoms with Gasteiger partial charge in [-0.15, -0.1) is 0 Å². The van der Waals surface area contributed by atoms with Gasteiger partial charge < -0.3 is 15.0 Å². The minimum atomic E-state index is -0.120. The van der Waals surface area contributed by atoms with Gasteiger partial charge in [0.2, 0.25) is 5.91 Å². The molecule has 1 fully saturated rings. The molecular weight excluding hydrogens is 509 g/mol. The molecular formula is C29H29Cl2N3O3. The van der Waals surface area contributed by atoms with Gasteiger partial charge in [-0.25, -0.2) is 0 Å². The third kappa shape index (κ3) is 5.77. The first-order valence-electron chi connectivity index (χ1n) is 12.5. The molecule has 2 amide bonds. The summed E-state index contributed by atoms with van der Waals surface area (Å²) in [7, 11) is 1.60. The van der Waals surface area contributed by atoms with Gasteiger partial charge in [-0.1, -0.05) is 35.3 Å². The maximum absolute atomic E-state index is 13.2. The number of likely N-dealkylation sites (tertiary alicyclic amines) is 1. The van der Waals surface area contributed by atoms with Gasteiger partial charge >= 0.3 is 0 Å². The summed E-state index contributed by atoms with van der Waals surface area (Å²) in [6.07, 6.45) is 2.57. The second-order valence-corrected chi connectivity index (χ2v) is 10.4. The number of hydrogen-bond donors (Lipinski definition) is 1. The fourth-order valence-electron chi connectivity index (χ4n) is 5.11. The second kappa shape index (κ2) is 11.1. The van der Waals surface area contributed by atoms with E-state index >= 15 is 0 Å². The number of anilines is 2. The Bertz CT molecular complexity index is 1310. The Morgan fingerprint density at radius 2 is 1.84 bits per heavy atom. The second-order valence-electron chi connectivity index (χ2n) is 9.58. The summed E-state index contributed by atoms with van der Waals surface area (Å²) < 4.78 is 5.20. The van der Waals surface area contributed by atoms with Crippen molar-refractivity contribution in [2.75, 3.05) is 37.0 Å². The van der Waals surface area contributed by atoms with Gasteiger partial charge in [0.15, 0.2) is 0 Å². The Labute approximate surface area is 227 Å². The first-order chi connectivity index (χ1) is 17.9. The van der Waals surface area contributed by atoms with Crippen LogP contribution in [0.2, 0.25) is 10.0 Å². The lowest BCUT2D eigenvalue weighted by Crippen LogP contribution is -2.40. The molecule has 0 bridgehead atoms. The molecule has 0 unspecified atom stereocenters. The molecule has 3 aromatic rings. The molecule has 1 saturated heterocycles. The lowest BCUT2D eigenvalue weighted by molar-refractivity contribution is -0.121. The Morgan fingerprint density at radius 3 is 2.59 bits per heavy atom. The van der Waals surface area contributed by atoms with Gasteiger partial charge in [0.05, 0.1) is 13.0 Å². The normalized spacial score (nSPS) is 17.4. The van der Waals surface area contributed by atoms with E-state index in [1.165, 1.54) is 0 Å². The molecule has 2 heterocycles. The number of fused-ring (bicyclic) bond motifs is 1. The van der Waals surface area contributed by atoms with Crippen molar-refractivity contribution in [3.63, 3.8) is 0 Å². The van der Waals surface area contributed by atoms with Crippen molar-refractivity contribution in [1.82, 2.24) is 4.90 Å². The van der Waals surface area contributed by atoms with E-state index in [-0.39, 0.29) is 17.7 Å². The quantitative estimate of drug-likeness (QED) is 0.415. The Balaban J connectivity index is 1.24. The van der Waals surface area contributed by atoms with Crippen LogP contribution in [0.15, 0.2) is 60.7 Å². The van der Waals surface area contributed by atoms with E-state index in [0.29, 0.717) is 46.7 Å². The number of carbonyl (C=O) groups is 2. The Hall–Kier alpha value is -3.06. The molecule has 1 atom stereocenters. The number of halogens is 2. The third-order valence-electron chi connectivity index (χ3n) is 7.12. The van der Waals surface area contributed by atoms with Crippen LogP contribution in [-0.4, -0.2) is 43.5 Å². The summed E-state index contributed by atoms with van der Waals surface area (Å²) in [5, 5.41) is 4.35. The van der Waals surface area contributed by atoms with Crippen LogP contribution in [0.1, 0.15) is 34.3 Å². The van der Waals surface area contributed by atoms with Crippen molar-refractivity contribution in [2.24, 2.45) is 5.92 Å². The summed E-state index contributed by atoms with van der Waals surface area (Å²) >= 11 is 12.4. The zero-order valence-corrected chi connectivity index (χ0v) is 22.2. The monoisotopic (exact) mass is 537 g/mol. The maximum Gasteiger partial charge on any atom is 0.258 e. The molecule has 2 aliphatic rings. The van der Waals surface area contributed by atoms with Crippen molar-refractivity contribution in [1.29, 1.82) is 0 Å². The molecule has 0 aromatic heterocycles. The number of benzene rings is 3. The smallest absolute Gasteiger partial charge is 0.258 e. The average molecular weight is 538 g/mol. The molecule has 192 valence electrons. The number of hydrogen-bond acceptors (Lipinski definition) is 4. The van der Waals surface area contributed by atoms with Gasteiger partial charge in [-0.2, -0.15) is 0 Å². The fraction of sp³-hybridized carbons (Fsp3) is 0.310. The Morgan fingerprint density at radius 1 is 1.03 bits per heavy atom. The molecule has 2 aliphatic heterocycles. The van der Waals surface area contributed by atoms with E-state index < -0.39 is 0 Å². The maximum atomic E-state index is 13.2. The molecule has 8 heteroatoms. The molecule has 0 spiro atoms. The predicted octanol–water partition coefficient (Wildman–Crippen LogP) is 6.06. The predicted molar refractivity (Wildman–Crippen MR) is 148 cm³/mol. The highest BCUT2D eigenvalue weighted by Gasteiger charge is 2.28. The van der Waals surface area contributed by atoms with Crippen molar-refractivity contribution in [2.45, 2.75) is 25.8 Å². The van der Waals surface area contributed by atoms with Gasteiger partial charge in [0.1, 0.15) is 5.75 Å². The van der Waals surface area contributed by atoms with Crippen LogP contribution in [0, 0.1) is 5.92 Å². The molecule has 1 N–H and O–H groups in total. The molecule has 0 aliphatic carbocycles. The highest BCUT2D eigenvalue weighted by atomic mass is 35.5. The van der Waals surface area contributed by atoms with E-state index in [9.17, 15) is 9.59 Å². The highest BCUT2D eigenvalue weighted by Crippen LogP contribution is 2.33. The van der Waals surface area contributed by atoms with E-state index in [0.717, 1.165) is 42.6 Å². The molecule has 37 heavy (non-hydrogen) atoms. The number of ether oxygens (including phenoxy) is 1. The van der Waals surface area contributed by atoms with Crippen molar-refractivity contribution in [3.05, 3.63) is 87.4 Å².